The molecule has 2 heteroatoms. The molecular weight excluding hydrogens is 236 g/mol. The smallest absolute Gasteiger partial charge is 0.335 e. The standard InChI is InChI=1S/C17H16O2/c1-3-5-12-7-8-16-13(6-4-2)10-15(17(18)19)11-14(16)9-12/h3-4,7-11H,1-2,5-6H2,(H,18,19). The fraction of sp³-hybridized carbons (Fsp3) is 0.118. The van der Waals surface area contributed by atoms with Gasteiger partial charge < -0.3 is 5.11 Å². The van der Waals surface area contributed by atoms with Gasteiger partial charge in [0.1, 0.15) is 0 Å². The summed E-state index contributed by atoms with van der Waals surface area (Å²) in [7, 11) is 0. The van der Waals surface area contributed by atoms with Gasteiger partial charge >= 0.3 is 5.97 Å². The minimum Gasteiger partial charge on any atom is -0.478 e. The van der Waals surface area contributed by atoms with E-state index in [0.29, 0.717) is 12.0 Å². The number of hydrogen-bond donors (Lipinski definition) is 1. The lowest BCUT2D eigenvalue weighted by Crippen LogP contribution is -1.98. The Bertz CT molecular complexity index is 654. The molecule has 0 saturated heterocycles. The van der Waals surface area contributed by atoms with E-state index in [4.69, 9.17) is 5.11 Å². The van der Waals surface area contributed by atoms with Crippen LogP contribution in [-0.4, -0.2) is 11.1 Å². The Morgan fingerprint density at radius 2 is 1.84 bits per heavy atom. The van der Waals surface area contributed by atoms with Crippen LogP contribution < -0.4 is 0 Å². The van der Waals surface area contributed by atoms with Gasteiger partial charge in [-0.05, 0) is 46.9 Å². The first-order valence-electron chi connectivity index (χ1n) is 6.16. The highest BCUT2D eigenvalue weighted by molar-refractivity contribution is 5.96. The normalized spacial score (nSPS) is 10.3. The van der Waals surface area contributed by atoms with Gasteiger partial charge in [-0.1, -0.05) is 30.4 Å². The topological polar surface area (TPSA) is 37.3 Å². The number of benzene rings is 2. The van der Waals surface area contributed by atoms with E-state index in [2.05, 4.69) is 19.2 Å². The molecule has 2 aromatic rings. The Morgan fingerprint density at radius 3 is 2.47 bits per heavy atom. The Hall–Kier alpha value is -2.35. The molecule has 19 heavy (non-hydrogen) atoms. The minimum absolute atomic E-state index is 0.320. The molecule has 0 bridgehead atoms. The number of carboxylic acid groups (broad SMARTS) is 1. The SMILES string of the molecule is C=CCc1ccc2c(CC=C)cc(C(=O)O)cc2c1. The lowest BCUT2D eigenvalue weighted by molar-refractivity contribution is 0.0697. The van der Waals surface area contributed by atoms with Crippen molar-refractivity contribution < 1.29 is 9.90 Å². The zero-order valence-corrected chi connectivity index (χ0v) is 10.7. The van der Waals surface area contributed by atoms with Gasteiger partial charge in [0.15, 0.2) is 0 Å². The van der Waals surface area contributed by atoms with E-state index in [1.165, 1.54) is 0 Å². The van der Waals surface area contributed by atoms with Gasteiger partial charge in [-0.3, -0.25) is 0 Å². The van der Waals surface area contributed by atoms with E-state index in [1.54, 1.807) is 18.2 Å². The zero-order chi connectivity index (χ0) is 13.8. The van der Waals surface area contributed by atoms with Crippen molar-refractivity contribution in [3.63, 3.8) is 0 Å². The van der Waals surface area contributed by atoms with Gasteiger partial charge in [0.25, 0.3) is 0 Å². The van der Waals surface area contributed by atoms with Crippen molar-refractivity contribution in [3.05, 3.63) is 72.3 Å². The van der Waals surface area contributed by atoms with Crippen LogP contribution in [0.3, 0.4) is 0 Å². The van der Waals surface area contributed by atoms with Crippen LogP contribution in [0.2, 0.25) is 0 Å². The molecule has 0 aliphatic carbocycles. The molecule has 0 spiro atoms. The van der Waals surface area contributed by atoms with E-state index < -0.39 is 5.97 Å². The van der Waals surface area contributed by atoms with E-state index in [0.717, 1.165) is 28.3 Å². The first-order chi connectivity index (χ1) is 9.15. The summed E-state index contributed by atoms with van der Waals surface area (Å²) in [4.78, 5) is 11.2. The fourth-order valence-corrected chi connectivity index (χ4v) is 2.24. The highest BCUT2D eigenvalue weighted by Gasteiger charge is 2.08. The molecule has 0 amide bonds. The predicted octanol–water partition coefficient (Wildman–Crippen LogP) is 4.00. The van der Waals surface area contributed by atoms with Crippen LogP contribution in [0.5, 0.6) is 0 Å². The van der Waals surface area contributed by atoms with Crippen LogP contribution in [0, 0.1) is 0 Å². The Labute approximate surface area is 112 Å². The third kappa shape index (κ3) is 2.74. The molecule has 0 atom stereocenters. The molecular formula is C17H16O2. The summed E-state index contributed by atoms with van der Waals surface area (Å²) in [5, 5.41) is 11.2. The van der Waals surface area contributed by atoms with Gasteiger partial charge in [-0.2, -0.15) is 0 Å². The maximum Gasteiger partial charge on any atom is 0.335 e. The number of fused-ring (bicyclic) bond motifs is 1. The van der Waals surface area contributed by atoms with Crippen LogP contribution in [0.1, 0.15) is 21.5 Å². The van der Waals surface area contributed by atoms with Gasteiger partial charge in [-0.25, -0.2) is 4.79 Å². The summed E-state index contributed by atoms with van der Waals surface area (Å²) in [6.45, 7) is 7.45. The molecule has 0 aromatic heterocycles. The third-order valence-corrected chi connectivity index (χ3v) is 3.09. The summed E-state index contributed by atoms with van der Waals surface area (Å²) in [5.41, 5.74) is 2.45. The number of carboxylic acids is 1. The van der Waals surface area contributed by atoms with Crippen molar-refractivity contribution in [1.82, 2.24) is 0 Å². The van der Waals surface area contributed by atoms with Crippen LogP contribution in [0.15, 0.2) is 55.6 Å². The molecule has 0 aliphatic rings. The molecule has 2 aromatic carbocycles. The fourth-order valence-electron chi connectivity index (χ4n) is 2.24. The maximum atomic E-state index is 11.2. The average molecular weight is 252 g/mol. The Morgan fingerprint density at radius 1 is 1.11 bits per heavy atom. The lowest BCUT2D eigenvalue weighted by atomic mass is 9.96. The molecule has 0 radical (unpaired) electrons. The van der Waals surface area contributed by atoms with Crippen LogP contribution >= 0.6 is 0 Å². The first kappa shape index (κ1) is 13.1. The van der Waals surface area contributed by atoms with Crippen molar-refractivity contribution in [2.24, 2.45) is 0 Å². The maximum absolute atomic E-state index is 11.2. The average Bonchev–Trinajstić information content (AvgIpc) is 2.38. The molecule has 0 fully saturated rings. The third-order valence-electron chi connectivity index (χ3n) is 3.09. The van der Waals surface area contributed by atoms with Crippen LogP contribution in [-0.2, 0) is 12.8 Å². The van der Waals surface area contributed by atoms with Gasteiger partial charge in [0.05, 0.1) is 5.56 Å². The van der Waals surface area contributed by atoms with Gasteiger partial charge in [0.2, 0.25) is 0 Å². The second-order valence-corrected chi connectivity index (χ2v) is 4.48. The summed E-state index contributed by atoms with van der Waals surface area (Å²) in [6, 6.07) is 9.56. The van der Waals surface area contributed by atoms with E-state index >= 15 is 0 Å². The van der Waals surface area contributed by atoms with E-state index in [1.807, 2.05) is 18.2 Å². The first-order valence-corrected chi connectivity index (χ1v) is 6.16. The minimum atomic E-state index is -0.902. The zero-order valence-electron chi connectivity index (χ0n) is 10.7. The molecule has 2 rings (SSSR count). The van der Waals surface area contributed by atoms with Crippen molar-refractivity contribution in [1.29, 1.82) is 0 Å². The summed E-state index contributed by atoms with van der Waals surface area (Å²) in [5.74, 6) is -0.902. The molecule has 0 aliphatic heterocycles. The second kappa shape index (κ2) is 5.53. The number of hydrogen-bond acceptors (Lipinski definition) is 1. The largest absolute Gasteiger partial charge is 0.478 e. The van der Waals surface area contributed by atoms with E-state index in [-0.39, 0.29) is 0 Å². The number of carbonyl (C=O) groups is 1. The van der Waals surface area contributed by atoms with Crippen molar-refractivity contribution in [2.45, 2.75) is 12.8 Å². The molecule has 2 nitrogen and oxygen atoms in total. The molecule has 0 unspecified atom stereocenters. The summed E-state index contributed by atoms with van der Waals surface area (Å²) >= 11 is 0. The van der Waals surface area contributed by atoms with Gasteiger partial charge in [-0.15, -0.1) is 13.2 Å². The molecule has 0 heterocycles. The molecule has 0 saturated carbocycles. The lowest BCUT2D eigenvalue weighted by Gasteiger charge is -2.08. The summed E-state index contributed by atoms with van der Waals surface area (Å²) < 4.78 is 0. The number of allylic oxidation sites excluding steroid dienone is 2. The Kier molecular flexibility index (Phi) is 3.81. The highest BCUT2D eigenvalue weighted by Crippen LogP contribution is 2.24. The quantitative estimate of drug-likeness (QED) is 0.817. The van der Waals surface area contributed by atoms with Crippen molar-refractivity contribution >= 4 is 16.7 Å². The second-order valence-electron chi connectivity index (χ2n) is 4.48. The number of rotatable bonds is 5. The number of aromatic carboxylic acids is 1. The van der Waals surface area contributed by atoms with Crippen LogP contribution in [0.4, 0.5) is 0 Å². The highest BCUT2D eigenvalue weighted by atomic mass is 16.4. The van der Waals surface area contributed by atoms with Crippen molar-refractivity contribution in [2.75, 3.05) is 0 Å². The predicted molar refractivity (Wildman–Crippen MR) is 78.7 cm³/mol. The Balaban J connectivity index is 2.67. The van der Waals surface area contributed by atoms with Crippen LogP contribution in [0.25, 0.3) is 10.8 Å². The molecule has 96 valence electrons. The molecule has 1 N–H and O–H groups in total. The van der Waals surface area contributed by atoms with E-state index in [9.17, 15) is 4.79 Å². The summed E-state index contributed by atoms with van der Waals surface area (Å²) in [6.07, 6.45) is 5.08. The van der Waals surface area contributed by atoms with Gasteiger partial charge in [0, 0.05) is 0 Å². The van der Waals surface area contributed by atoms with Crippen molar-refractivity contribution in [3.8, 4) is 0 Å². The monoisotopic (exact) mass is 252 g/mol.